The van der Waals surface area contributed by atoms with Gasteiger partial charge < -0.3 is 20.1 Å². The van der Waals surface area contributed by atoms with Crippen molar-refractivity contribution in [1.82, 2.24) is 15.4 Å². The van der Waals surface area contributed by atoms with E-state index in [1.165, 1.54) is 0 Å². The summed E-state index contributed by atoms with van der Waals surface area (Å²) in [7, 11) is -3.39. The minimum absolute atomic E-state index is 0.00179. The molecule has 134 valence electrons. The van der Waals surface area contributed by atoms with Gasteiger partial charge in [-0.15, -0.1) is 0 Å². The average molecular weight is 349 g/mol. The quantitative estimate of drug-likeness (QED) is 0.517. The smallest absolute Gasteiger partial charge is 0.221 e. The predicted octanol–water partition coefficient (Wildman–Crippen LogP) is -1.03. The fourth-order valence-corrected chi connectivity index (χ4v) is 3.59. The number of nitrogens with one attached hydrogen (secondary N) is 3. The van der Waals surface area contributed by atoms with Gasteiger partial charge in [0.15, 0.2) is 0 Å². The molecule has 0 aromatic heterocycles. The minimum atomic E-state index is -3.39. The van der Waals surface area contributed by atoms with Crippen molar-refractivity contribution in [2.45, 2.75) is 37.8 Å². The van der Waals surface area contributed by atoms with Crippen molar-refractivity contribution in [2.24, 2.45) is 0 Å². The monoisotopic (exact) mass is 349 g/mol. The minimum Gasteiger partial charge on any atom is -0.378 e. The number of amides is 1. The fourth-order valence-electron chi connectivity index (χ4n) is 2.63. The van der Waals surface area contributed by atoms with Crippen molar-refractivity contribution in [3.63, 3.8) is 0 Å². The Morgan fingerprint density at radius 3 is 2.83 bits per heavy atom. The zero-order valence-electron chi connectivity index (χ0n) is 13.4. The van der Waals surface area contributed by atoms with Crippen LogP contribution in [0.1, 0.15) is 25.7 Å². The standard InChI is InChI=1S/C14H27N3O5S/c18-14(9-12-11-21-7-4-15-12)16-5-8-23(19,20)17-10-13-3-1-2-6-22-13/h12-13,15,17H,1-11H2,(H,16,18). The molecule has 23 heavy (non-hydrogen) atoms. The number of hydrogen-bond acceptors (Lipinski definition) is 6. The molecular formula is C14H27N3O5S. The van der Waals surface area contributed by atoms with Crippen LogP contribution in [0, 0.1) is 0 Å². The summed E-state index contributed by atoms with van der Waals surface area (Å²) in [5, 5.41) is 5.82. The Morgan fingerprint density at radius 1 is 1.26 bits per heavy atom. The second-order valence-corrected chi connectivity index (χ2v) is 7.86. The van der Waals surface area contributed by atoms with E-state index in [9.17, 15) is 13.2 Å². The molecule has 2 saturated heterocycles. The Bertz CT molecular complexity index is 459. The van der Waals surface area contributed by atoms with E-state index in [2.05, 4.69) is 15.4 Å². The molecule has 0 saturated carbocycles. The van der Waals surface area contributed by atoms with Crippen molar-refractivity contribution in [2.75, 3.05) is 45.2 Å². The van der Waals surface area contributed by atoms with Crippen LogP contribution in [-0.4, -0.2) is 71.7 Å². The normalized spacial score (nSPS) is 25.9. The van der Waals surface area contributed by atoms with Crippen LogP contribution >= 0.6 is 0 Å². The zero-order chi connectivity index (χ0) is 16.5. The Morgan fingerprint density at radius 2 is 2.13 bits per heavy atom. The maximum atomic E-state index is 11.9. The third-order valence-corrected chi connectivity index (χ3v) is 5.28. The molecule has 0 spiro atoms. The predicted molar refractivity (Wildman–Crippen MR) is 85.6 cm³/mol. The van der Waals surface area contributed by atoms with E-state index in [0.29, 0.717) is 32.8 Å². The van der Waals surface area contributed by atoms with Crippen molar-refractivity contribution in [1.29, 1.82) is 0 Å². The molecule has 3 N–H and O–H groups in total. The SMILES string of the molecule is O=C(CC1COCCN1)NCCS(=O)(=O)NCC1CCCCO1. The van der Waals surface area contributed by atoms with Crippen molar-refractivity contribution >= 4 is 15.9 Å². The maximum Gasteiger partial charge on any atom is 0.221 e. The second kappa shape index (κ2) is 9.53. The number of morpholine rings is 1. The van der Waals surface area contributed by atoms with Gasteiger partial charge in [0.1, 0.15) is 0 Å². The van der Waals surface area contributed by atoms with Gasteiger partial charge in [0.2, 0.25) is 15.9 Å². The zero-order valence-corrected chi connectivity index (χ0v) is 14.2. The first-order chi connectivity index (χ1) is 11.1. The van der Waals surface area contributed by atoms with E-state index < -0.39 is 10.0 Å². The number of hydrogen-bond donors (Lipinski definition) is 3. The van der Waals surface area contributed by atoms with Crippen LogP contribution in [-0.2, 0) is 24.3 Å². The van der Waals surface area contributed by atoms with Gasteiger partial charge in [-0.2, -0.15) is 0 Å². The first-order valence-electron chi connectivity index (χ1n) is 8.22. The maximum absolute atomic E-state index is 11.9. The van der Waals surface area contributed by atoms with Crippen LogP contribution < -0.4 is 15.4 Å². The fraction of sp³-hybridized carbons (Fsp3) is 0.929. The number of carbonyl (C=O) groups is 1. The van der Waals surface area contributed by atoms with Crippen LogP contribution in [0.5, 0.6) is 0 Å². The molecule has 0 aromatic carbocycles. The van der Waals surface area contributed by atoms with Gasteiger partial charge in [0.25, 0.3) is 0 Å². The molecule has 2 heterocycles. The van der Waals surface area contributed by atoms with Gasteiger partial charge in [-0.3, -0.25) is 4.79 Å². The van der Waals surface area contributed by atoms with E-state index >= 15 is 0 Å². The third-order valence-electron chi connectivity index (χ3n) is 3.93. The van der Waals surface area contributed by atoms with Gasteiger partial charge in [-0.05, 0) is 19.3 Å². The molecule has 2 aliphatic rings. The van der Waals surface area contributed by atoms with Crippen molar-refractivity contribution in [3.05, 3.63) is 0 Å². The number of rotatable bonds is 8. The van der Waals surface area contributed by atoms with Crippen LogP contribution in [0.15, 0.2) is 0 Å². The lowest BCUT2D eigenvalue weighted by Gasteiger charge is -2.23. The summed E-state index contributed by atoms with van der Waals surface area (Å²) in [5.74, 6) is -0.293. The second-order valence-electron chi connectivity index (χ2n) is 5.94. The van der Waals surface area contributed by atoms with E-state index in [0.717, 1.165) is 25.8 Å². The van der Waals surface area contributed by atoms with Crippen molar-refractivity contribution < 1.29 is 22.7 Å². The molecule has 2 unspecified atom stereocenters. The summed E-state index contributed by atoms with van der Waals surface area (Å²) in [4.78, 5) is 11.8. The summed E-state index contributed by atoms with van der Waals surface area (Å²) >= 11 is 0. The molecule has 2 atom stereocenters. The van der Waals surface area contributed by atoms with Gasteiger partial charge in [0, 0.05) is 38.7 Å². The number of sulfonamides is 1. The summed E-state index contributed by atoms with van der Waals surface area (Å²) in [5.41, 5.74) is 0. The van der Waals surface area contributed by atoms with Crippen LogP contribution in [0.4, 0.5) is 0 Å². The van der Waals surface area contributed by atoms with Crippen LogP contribution in [0.25, 0.3) is 0 Å². The Labute approximate surface area is 137 Å². The Hall–Kier alpha value is -0.740. The first-order valence-corrected chi connectivity index (χ1v) is 9.87. The molecular weight excluding hydrogens is 322 g/mol. The van der Waals surface area contributed by atoms with Gasteiger partial charge in [-0.1, -0.05) is 0 Å². The summed E-state index contributed by atoms with van der Waals surface area (Å²) in [6, 6.07) is 0.00179. The van der Waals surface area contributed by atoms with Gasteiger partial charge in [-0.25, -0.2) is 13.1 Å². The lowest BCUT2D eigenvalue weighted by molar-refractivity contribution is -0.122. The molecule has 2 fully saturated rings. The molecule has 2 rings (SSSR count). The van der Waals surface area contributed by atoms with Gasteiger partial charge >= 0.3 is 0 Å². The largest absolute Gasteiger partial charge is 0.378 e. The Balaban J connectivity index is 1.58. The topological polar surface area (TPSA) is 106 Å². The molecule has 9 heteroatoms. The number of carbonyl (C=O) groups excluding carboxylic acids is 1. The first kappa shape index (κ1) is 18.6. The summed E-state index contributed by atoms with van der Waals surface area (Å²) in [6.07, 6.45) is 3.25. The Kier molecular flexibility index (Phi) is 7.71. The van der Waals surface area contributed by atoms with E-state index in [1.54, 1.807) is 0 Å². The van der Waals surface area contributed by atoms with Gasteiger partial charge in [0.05, 0.1) is 25.1 Å². The van der Waals surface area contributed by atoms with Crippen LogP contribution in [0.3, 0.4) is 0 Å². The lowest BCUT2D eigenvalue weighted by atomic mass is 10.1. The van der Waals surface area contributed by atoms with E-state index in [4.69, 9.17) is 9.47 Å². The highest BCUT2D eigenvalue weighted by molar-refractivity contribution is 7.89. The highest BCUT2D eigenvalue weighted by Gasteiger charge is 2.19. The molecule has 0 bridgehead atoms. The molecule has 0 aliphatic carbocycles. The molecule has 1 amide bonds. The highest BCUT2D eigenvalue weighted by Crippen LogP contribution is 2.11. The average Bonchev–Trinajstić information content (AvgIpc) is 2.55. The molecule has 0 aromatic rings. The highest BCUT2D eigenvalue weighted by atomic mass is 32.2. The van der Waals surface area contributed by atoms with E-state index in [-0.39, 0.29) is 30.4 Å². The number of ether oxygens (including phenoxy) is 2. The molecule has 0 radical (unpaired) electrons. The van der Waals surface area contributed by atoms with Crippen molar-refractivity contribution in [3.8, 4) is 0 Å². The molecule has 8 nitrogen and oxygen atoms in total. The lowest BCUT2D eigenvalue weighted by Crippen LogP contribution is -2.45. The third kappa shape index (κ3) is 7.58. The molecule has 2 aliphatic heterocycles. The van der Waals surface area contributed by atoms with Crippen LogP contribution in [0.2, 0.25) is 0 Å². The van der Waals surface area contributed by atoms with E-state index in [1.807, 2.05) is 0 Å². The summed E-state index contributed by atoms with van der Waals surface area (Å²) in [6.45, 7) is 3.01. The summed E-state index contributed by atoms with van der Waals surface area (Å²) < 4.78 is 37.1.